The van der Waals surface area contributed by atoms with E-state index in [0.29, 0.717) is 16.0 Å². The van der Waals surface area contributed by atoms with Crippen LogP contribution in [0.15, 0.2) is 36.3 Å². The number of nitrogens with one attached hydrogen (secondary N) is 1. The molecule has 0 amide bonds. The molecule has 13 heavy (non-hydrogen) atoms. The van der Waals surface area contributed by atoms with E-state index in [1.807, 2.05) is 0 Å². The maximum atomic E-state index is 10.8. The van der Waals surface area contributed by atoms with Gasteiger partial charge in [-0.05, 0) is 13.0 Å². The molecule has 4 heteroatoms. The molecule has 0 saturated heterocycles. The van der Waals surface area contributed by atoms with Gasteiger partial charge < -0.3 is 10.5 Å². The molecule has 1 aromatic heterocycles. The van der Waals surface area contributed by atoms with Crippen molar-refractivity contribution in [3.05, 3.63) is 41.5 Å². The summed E-state index contributed by atoms with van der Waals surface area (Å²) in [5.74, 6) is 0. The van der Waals surface area contributed by atoms with Crippen LogP contribution in [0.5, 0.6) is 0 Å². The molecule has 0 aromatic carbocycles. The average molecular weight is 178 g/mol. The highest BCUT2D eigenvalue weighted by molar-refractivity contribution is 5.72. The monoisotopic (exact) mass is 178 g/mol. The second-order valence-corrected chi connectivity index (χ2v) is 2.60. The van der Waals surface area contributed by atoms with Crippen LogP contribution >= 0.6 is 0 Å². The number of aromatic nitrogens is 1. The lowest BCUT2D eigenvalue weighted by Crippen LogP contribution is -2.24. The summed E-state index contributed by atoms with van der Waals surface area (Å²) in [4.78, 5) is 10.2. The molecule has 68 valence electrons. The minimum absolute atomic E-state index is 0.571. The number of aldehydes is 1. The Morgan fingerprint density at radius 3 is 3.08 bits per heavy atom. The van der Waals surface area contributed by atoms with Gasteiger partial charge in [0.2, 0.25) is 6.20 Å². The smallest absolute Gasteiger partial charge is 0.203 e. The van der Waals surface area contributed by atoms with E-state index in [2.05, 4.69) is 5.32 Å². The van der Waals surface area contributed by atoms with Crippen LogP contribution in [0.3, 0.4) is 0 Å². The Labute approximate surface area is 76.1 Å². The van der Waals surface area contributed by atoms with Gasteiger partial charge in [-0.2, -0.15) is 4.73 Å². The Kier molecular flexibility index (Phi) is 3.03. The first-order valence-corrected chi connectivity index (χ1v) is 3.79. The van der Waals surface area contributed by atoms with E-state index in [1.54, 1.807) is 25.3 Å². The van der Waals surface area contributed by atoms with Crippen LogP contribution < -0.4 is 10.0 Å². The van der Waals surface area contributed by atoms with Gasteiger partial charge in [0.05, 0.1) is 0 Å². The molecule has 0 aliphatic heterocycles. The van der Waals surface area contributed by atoms with Crippen LogP contribution in [-0.4, -0.2) is 6.29 Å². The maximum Gasteiger partial charge on any atom is 0.203 e. The van der Waals surface area contributed by atoms with Crippen molar-refractivity contribution in [2.45, 2.75) is 6.92 Å². The second kappa shape index (κ2) is 4.25. The van der Waals surface area contributed by atoms with E-state index in [4.69, 9.17) is 0 Å². The number of pyridine rings is 1. The molecule has 1 aromatic rings. The number of rotatable bonds is 3. The van der Waals surface area contributed by atoms with E-state index >= 15 is 0 Å². The molecule has 0 radical (unpaired) electrons. The largest absolute Gasteiger partial charge is 0.619 e. The van der Waals surface area contributed by atoms with Crippen molar-refractivity contribution in [3.63, 3.8) is 0 Å². The molecule has 0 spiro atoms. The summed E-state index contributed by atoms with van der Waals surface area (Å²) in [6.45, 7) is 1.67. The highest BCUT2D eigenvalue weighted by atomic mass is 16.5. The first-order chi connectivity index (χ1) is 6.22. The molecule has 1 rings (SSSR count). The van der Waals surface area contributed by atoms with Crippen LogP contribution in [0.4, 0.5) is 5.69 Å². The Bertz CT molecular complexity index is 334. The molecular formula is C9H10N2O2. The Morgan fingerprint density at radius 1 is 1.69 bits per heavy atom. The molecular weight excluding hydrogens is 168 g/mol. The predicted molar refractivity (Wildman–Crippen MR) is 48.8 cm³/mol. The lowest BCUT2D eigenvalue weighted by molar-refractivity contribution is -0.604. The summed E-state index contributed by atoms with van der Waals surface area (Å²) in [6.07, 6.45) is 5.06. The highest BCUT2D eigenvalue weighted by Gasteiger charge is 1.93. The summed E-state index contributed by atoms with van der Waals surface area (Å²) >= 11 is 0. The summed E-state index contributed by atoms with van der Waals surface area (Å²) in [5, 5.41) is 13.6. The third-order valence-corrected chi connectivity index (χ3v) is 1.43. The van der Waals surface area contributed by atoms with Crippen LogP contribution in [-0.2, 0) is 4.79 Å². The minimum Gasteiger partial charge on any atom is -0.619 e. The van der Waals surface area contributed by atoms with Crippen LogP contribution in [0, 0.1) is 5.21 Å². The molecule has 0 atom stereocenters. The third kappa shape index (κ3) is 2.94. The van der Waals surface area contributed by atoms with Gasteiger partial charge in [-0.1, -0.05) is 0 Å². The number of nitrogens with zero attached hydrogens (tertiary/aromatic N) is 1. The van der Waals surface area contributed by atoms with E-state index in [1.165, 1.54) is 12.4 Å². The zero-order chi connectivity index (χ0) is 9.68. The van der Waals surface area contributed by atoms with Crippen molar-refractivity contribution in [3.8, 4) is 0 Å². The number of carbonyl (C=O) groups excluding carboxylic acids is 1. The van der Waals surface area contributed by atoms with E-state index in [0.717, 1.165) is 6.29 Å². The molecule has 0 aliphatic rings. The van der Waals surface area contributed by atoms with Gasteiger partial charge >= 0.3 is 0 Å². The van der Waals surface area contributed by atoms with Crippen molar-refractivity contribution < 1.29 is 9.52 Å². The number of hydrogen-bond acceptors (Lipinski definition) is 3. The Hall–Kier alpha value is -1.84. The number of anilines is 1. The molecule has 0 aliphatic carbocycles. The van der Waals surface area contributed by atoms with Crippen LogP contribution in [0.2, 0.25) is 0 Å². The fourth-order valence-corrected chi connectivity index (χ4v) is 0.771. The molecule has 0 fully saturated rings. The number of carbonyl (C=O) groups is 1. The zero-order valence-corrected chi connectivity index (χ0v) is 7.23. The van der Waals surface area contributed by atoms with Crippen molar-refractivity contribution in [2.75, 3.05) is 5.32 Å². The topological polar surface area (TPSA) is 56.0 Å². The van der Waals surface area contributed by atoms with E-state index in [-0.39, 0.29) is 0 Å². The van der Waals surface area contributed by atoms with Gasteiger partial charge in [0, 0.05) is 17.8 Å². The molecule has 0 unspecified atom stereocenters. The standard InChI is InChI=1S/C9H10N2O2/c1-8(7-12)5-10-9-3-2-4-11(13)6-9/h2-7,10H,1H3/b8-5-. The highest BCUT2D eigenvalue weighted by Crippen LogP contribution is 2.01. The number of hydrogen-bond donors (Lipinski definition) is 1. The SMILES string of the molecule is C/C(C=O)=C/Nc1ccc[n+]([O-])c1. The van der Waals surface area contributed by atoms with Crippen LogP contribution in [0.1, 0.15) is 6.92 Å². The van der Waals surface area contributed by atoms with Crippen molar-refractivity contribution in [1.82, 2.24) is 0 Å². The Balaban J connectivity index is 2.70. The molecule has 4 nitrogen and oxygen atoms in total. The second-order valence-electron chi connectivity index (χ2n) is 2.60. The molecule has 1 heterocycles. The van der Waals surface area contributed by atoms with Crippen molar-refractivity contribution >= 4 is 12.0 Å². The first kappa shape index (κ1) is 9.25. The van der Waals surface area contributed by atoms with Gasteiger partial charge in [0.1, 0.15) is 12.0 Å². The van der Waals surface area contributed by atoms with Gasteiger partial charge in [0.25, 0.3) is 0 Å². The van der Waals surface area contributed by atoms with Gasteiger partial charge in [-0.15, -0.1) is 0 Å². The summed E-state index contributed by atoms with van der Waals surface area (Å²) in [6, 6.07) is 3.36. The predicted octanol–water partition coefficient (Wildman–Crippen LogP) is 0.835. The first-order valence-electron chi connectivity index (χ1n) is 3.79. The van der Waals surface area contributed by atoms with Gasteiger partial charge in [0.15, 0.2) is 6.20 Å². The van der Waals surface area contributed by atoms with Crippen molar-refractivity contribution in [2.24, 2.45) is 0 Å². The minimum atomic E-state index is 0.571. The molecule has 1 N–H and O–H groups in total. The summed E-state index contributed by atoms with van der Waals surface area (Å²) in [7, 11) is 0. The van der Waals surface area contributed by atoms with Crippen LogP contribution in [0.25, 0.3) is 0 Å². The van der Waals surface area contributed by atoms with Gasteiger partial charge in [-0.3, -0.25) is 4.79 Å². The third-order valence-electron chi connectivity index (χ3n) is 1.43. The zero-order valence-electron chi connectivity index (χ0n) is 7.23. The molecule has 0 bridgehead atoms. The fraction of sp³-hybridized carbons (Fsp3) is 0.111. The van der Waals surface area contributed by atoms with E-state index in [9.17, 15) is 10.0 Å². The van der Waals surface area contributed by atoms with E-state index < -0.39 is 0 Å². The summed E-state index contributed by atoms with van der Waals surface area (Å²) < 4.78 is 0.687. The average Bonchev–Trinajstić information content (AvgIpc) is 2.14. The van der Waals surface area contributed by atoms with Crippen molar-refractivity contribution in [1.29, 1.82) is 0 Å². The normalized spacial score (nSPS) is 11.0. The lowest BCUT2D eigenvalue weighted by atomic mass is 10.3. The number of allylic oxidation sites excluding steroid dienone is 1. The summed E-state index contributed by atoms with van der Waals surface area (Å²) in [5.41, 5.74) is 1.22. The fourth-order valence-electron chi connectivity index (χ4n) is 0.771. The Morgan fingerprint density at radius 2 is 2.46 bits per heavy atom. The quantitative estimate of drug-likeness (QED) is 0.323. The molecule has 0 saturated carbocycles. The lowest BCUT2D eigenvalue weighted by Gasteiger charge is -2.00. The maximum absolute atomic E-state index is 10.8. The van der Waals surface area contributed by atoms with Gasteiger partial charge in [-0.25, -0.2) is 0 Å².